The predicted octanol–water partition coefficient (Wildman–Crippen LogP) is 2.81. The van der Waals surface area contributed by atoms with Gasteiger partial charge in [0, 0.05) is 0 Å². The van der Waals surface area contributed by atoms with Gasteiger partial charge in [0.15, 0.2) is 0 Å². The summed E-state index contributed by atoms with van der Waals surface area (Å²) in [7, 11) is -4.24. The van der Waals surface area contributed by atoms with Crippen LogP contribution in [0.2, 0.25) is 0 Å². The molecule has 1 aromatic heterocycles. The zero-order chi connectivity index (χ0) is 26.9. The minimum atomic E-state index is -4.24. The minimum Gasteiger partial charge on any atom is -0.463 e. The molecular weight excluding hydrogens is 520 g/mol. The van der Waals surface area contributed by atoms with E-state index in [1.807, 2.05) is 30.3 Å². The summed E-state index contributed by atoms with van der Waals surface area (Å²) in [5.41, 5.74) is 7.43. The minimum absolute atomic E-state index is 0.00453. The molecule has 0 aliphatic carbocycles. The van der Waals surface area contributed by atoms with Crippen LogP contribution in [0.25, 0.3) is 17.5 Å². The Kier molecular flexibility index (Phi) is 6.88. The standard InChI is InChI=1S/C29H24N2O5S2/c1-2-36-29(33)24-23(20-14-8-4-9-15-20)25(38(34,35)21-16-10-5-11-17-21)26(30)31-27(32)22(37-28(24)31)18-19-12-6-3-7-13-19/h3-18,23H,2,30H2,1H3/t23-/m0/s1. The zero-order valence-corrected chi connectivity index (χ0v) is 22.0. The lowest BCUT2D eigenvalue weighted by Gasteiger charge is -2.28. The highest BCUT2D eigenvalue weighted by molar-refractivity contribution is 7.95. The highest BCUT2D eigenvalue weighted by atomic mass is 32.2. The van der Waals surface area contributed by atoms with E-state index in [1.165, 1.54) is 12.1 Å². The van der Waals surface area contributed by atoms with E-state index in [-0.39, 0.29) is 32.5 Å². The van der Waals surface area contributed by atoms with Gasteiger partial charge in [0.05, 0.1) is 27.5 Å². The summed E-state index contributed by atoms with van der Waals surface area (Å²) in [4.78, 5) is 26.9. The fraction of sp³-hybridized carbons (Fsp3) is 0.103. The van der Waals surface area contributed by atoms with Gasteiger partial charge >= 0.3 is 5.97 Å². The maximum atomic E-state index is 14.1. The summed E-state index contributed by atoms with van der Waals surface area (Å²) >= 11 is 1.08. The van der Waals surface area contributed by atoms with Gasteiger partial charge in [-0.3, -0.25) is 9.36 Å². The van der Waals surface area contributed by atoms with Gasteiger partial charge in [0.25, 0.3) is 5.56 Å². The molecule has 9 heteroatoms. The number of allylic oxidation sites excluding steroid dienone is 1. The highest BCUT2D eigenvalue weighted by Gasteiger charge is 2.42. The Morgan fingerprint density at radius 3 is 2.16 bits per heavy atom. The normalized spacial score (nSPS) is 15.9. The second kappa shape index (κ2) is 10.3. The number of fused-ring (bicyclic) bond motifs is 1. The lowest BCUT2D eigenvalue weighted by atomic mass is 9.89. The first-order chi connectivity index (χ1) is 18.3. The second-order valence-corrected chi connectivity index (χ2v) is 11.5. The van der Waals surface area contributed by atoms with E-state index in [0.29, 0.717) is 10.1 Å². The molecular formula is C29H24N2O5S2. The van der Waals surface area contributed by atoms with Crippen molar-refractivity contribution >= 4 is 44.6 Å². The van der Waals surface area contributed by atoms with E-state index >= 15 is 0 Å². The van der Waals surface area contributed by atoms with Crippen LogP contribution >= 0.6 is 11.3 Å². The number of sulfone groups is 1. The van der Waals surface area contributed by atoms with Crippen LogP contribution in [0.3, 0.4) is 0 Å². The van der Waals surface area contributed by atoms with Gasteiger partial charge in [0.1, 0.15) is 15.4 Å². The van der Waals surface area contributed by atoms with Crippen molar-refractivity contribution in [1.82, 2.24) is 4.57 Å². The third-order valence-electron chi connectivity index (χ3n) is 6.17. The number of nitrogens with two attached hydrogens (primary N) is 1. The van der Waals surface area contributed by atoms with E-state index in [9.17, 15) is 18.0 Å². The van der Waals surface area contributed by atoms with Gasteiger partial charge in [-0.25, -0.2) is 13.2 Å². The van der Waals surface area contributed by atoms with Crippen LogP contribution in [0.15, 0.2) is 106 Å². The summed E-state index contributed by atoms with van der Waals surface area (Å²) < 4.78 is 35.3. The molecule has 1 aliphatic rings. The van der Waals surface area contributed by atoms with E-state index in [4.69, 9.17) is 10.5 Å². The maximum Gasteiger partial charge on any atom is 0.338 e. The third kappa shape index (κ3) is 4.40. The van der Waals surface area contributed by atoms with Crippen molar-refractivity contribution in [3.8, 4) is 0 Å². The number of benzene rings is 3. The molecule has 0 amide bonds. The molecule has 0 spiro atoms. The largest absolute Gasteiger partial charge is 0.463 e. The summed E-state index contributed by atoms with van der Waals surface area (Å²) in [5, 5.41) is 0. The van der Waals surface area contributed by atoms with Crippen LogP contribution < -0.4 is 20.5 Å². The van der Waals surface area contributed by atoms with Gasteiger partial charge in [-0.05, 0) is 36.3 Å². The van der Waals surface area contributed by atoms with Gasteiger partial charge in [0.2, 0.25) is 9.84 Å². The van der Waals surface area contributed by atoms with E-state index < -0.39 is 27.3 Å². The number of carbonyl (C=O) groups excluding carboxylic acids is 1. The molecule has 1 aliphatic heterocycles. The molecule has 0 saturated carbocycles. The number of carbonyl (C=O) groups is 1. The average molecular weight is 545 g/mol. The quantitative estimate of drug-likeness (QED) is 0.374. The number of hydrogen-bond acceptors (Lipinski definition) is 7. The van der Waals surface area contributed by atoms with Crippen molar-refractivity contribution in [2.75, 3.05) is 6.61 Å². The molecule has 0 radical (unpaired) electrons. The Labute approximate surface area is 223 Å². The number of hydrogen-bond donors (Lipinski definition) is 1. The number of thiazole rings is 1. The van der Waals surface area contributed by atoms with Crippen molar-refractivity contribution in [2.45, 2.75) is 17.7 Å². The van der Waals surface area contributed by atoms with Crippen molar-refractivity contribution in [2.24, 2.45) is 5.73 Å². The van der Waals surface area contributed by atoms with E-state index in [0.717, 1.165) is 21.5 Å². The predicted molar refractivity (Wildman–Crippen MR) is 148 cm³/mol. The fourth-order valence-corrected chi connectivity index (χ4v) is 7.36. The van der Waals surface area contributed by atoms with Crippen molar-refractivity contribution in [3.63, 3.8) is 0 Å². The first-order valence-corrected chi connectivity index (χ1v) is 14.2. The third-order valence-corrected chi connectivity index (χ3v) is 9.19. The number of rotatable bonds is 6. The summed E-state index contributed by atoms with van der Waals surface area (Å²) in [6.07, 6.45) is 1.69. The molecule has 0 bridgehead atoms. The van der Waals surface area contributed by atoms with Gasteiger partial charge < -0.3 is 10.5 Å². The molecule has 1 atom stereocenters. The number of aromatic nitrogens is 1. The molecule has 192 valence electrons. The van der Waals surface area contributed by atoms with Crippen LogP contribution in [-0.4, -0.2) is 25.6 Å². The average Bonchev–Trinajstić information content (AvgIpc) is 3.25. The molecule has 4 aromatic rings. The van der Waals surface area contributed by atoms with Crippen LogP contribution in [0.4, 0.5) is 0 Å². The molecule has 38 heavy (non-hydrogen) atoms. The van der Waals surface area contributed by atoms with Crippen LogP contribution in [0.5, 0.6) is 0 Å². The topological polar surface area (TPSA) is 108 Å². The highest BCUT2D eigenvalue weighted by Crippen LogP contribution is 2.42. The van der Waals surface area contributed by atoms with Crippen LogP contribution in [-0.2, 0) is 19.4 Å². The van der Waals surface area contributed by atoms with Crippen molar-refractivity contribution < 1.29 is 17.9 Å². The van der Waals surface area contributed by atoms with Crippen LogP contribution in [0, 0.1) is 0 Å². The summed E-state index contributed by atoms with van der Waals surface area (Å²) in [5.74, 6) is -2.03. The molecule has 0 saturated heterocycles. The number of esters is 1. The Morgan fingerprint density at radius 1 is 0.974 bits per heavy atom. The van der Waals surface area contributed by atoms with Crippen molar-refractivity contribution in [3.05, 3.63) is 127 Å². The first-order valence-electron chi connectivity index (χ1n) is 11.9. The van der Waals surface area contributed by atoms with E-state index in [1.54, 1.807) is 61.5 Å². The van der Waals surface area contributed by atoms with Gasteiger partial charge in [-0.2, -0.15) is 0 Å². The lowest BCUT2D eigenvalue weighted by molar-refractivity contribution is -0.136. The number of nitrogens with zero attached hydrogens (tertiary/aromatic N) is 1. The maximum absolute atomic E-state index is 14.1. The second-order valence-electron chi connectivity index (χ2n) is 8.51. The molecule has 0 fully saturated rings. The molecule has 2 heterocycles. The smallest absolute Gasteiger partial charge is 0.338 e. The lowest BCUT2D eigenvalue weighted by Crippen LogP contribution is -2.41. The summed E-state index contributed by atoms with van der Waals surface area (Å²) in [6, 6.07) is 25.8. The molecule has 3 aromatic carbocycles. The Morgan fingerprint density at radius 2 is 1.55 bits per heavy atom. The summed E-state index contributed by atoms with van der Waals surface area (Å²) in [6.45, 7) is 1.74. The Hall–Kier alpha value is -4.21. The van der Waals surface area contributed by atoms with Gasteiger partial charge in [-0.1, -0.05) is 78.9 Å². The Bertz CT molecular complexity index is 1820. The van der Waals surface area contributed by atoms with E-state index in [2.05, 4.69) is 0 Å². The molecule has 2 N–H and O–H groups in total. The van der Waals surface area contributed by atoms with Crippen molar-refractivity contribution in [1.29, 1.82) is 0 Å². The molecule has 7 nitrogen and oxygen atoms in total. The molecule has 0 unspecified atom stereocenters. The Balaban J connectivity index is 1.93. The SMILES string of the molecule is CCOC(=O)C1=c2sc(=Cc3ccccc3)c(=O)n2C(N)=C(S(=O)(=O)c2ccccc2)[C@H]1c1ccccc1. The molecule has 5 rings (SSSR count). The number of ether oxygens (including phenoxy) is 1. The fourth-order valence-electron chi connectivity index (χ4n) is 4.49. The first kappa shape index (κ1) is 25.4. The zero-order valence-electron chi connectivity index (χ0n) is 20.4. The monoisotopic (exact) mass is 544 g/mol. The van der Waals surface area contributed by atoms with Crippen LogP contribution in [0.1, 0.15) is 24.0 Å². The van der Waals surface area contributed by atoms with Gasteiger partial charge in [-0.15, -0.1) is 11.3 Å².